The maximum absolute atomic E-state index is 5.77. The van der Waals surface area contributed by atoms with Gasteiger partial charge in [-0.25, -0.2) is 0 Å². The molecule has 0 heterocycles. The molecule has 0 N–H and O–H groups in total. The predicted molar refractivity (Wildman–Crippen MR) is 118 cm³/mol. The molecular weight excluding hydrogens is 340 g/mol. The normalized spacial score (nSPS) is 12.0. The summed E-state index contributed by atoms with van der Waals surface area (Å²) < 4.78 is 0. The van der Waals surface area contributed by atoms with E-state index in [1.54, 1.807) is 0 Å². The van der Waals surface area contributed by atoms with Crippen LogP contribution < -0.4 is 0 Å². The molecule has 0 aliphatic carbocycles. The first-order valence-electron chi connectivity index (χ1n) is 8.94. The zero-order valence-electron chi connectivity index (χ0n) is 15.7. The van der Waals surface area contributed by atoms with Crippen molar-refractivity contribution < 1.29 is 0 Å². The van der Waals surface area contributed by atoms with Crippen molar-refractivity contribution in [2.45, 2.75) is 47.0 Å². The van der Waals surface area contributed by atoms with Gasteiger partial charge in [0.25, 0.3) is 0 Å². The molecule has 2 aromatic carbocycles. The Hall–Kier alpha value is -1.38. The lowest BCUT2D eigenvalue weighted by atomic mass is 9.76. The van der Waals surface area contributed by atoms with Gasteiger partial charge in [-0.15, -0.1) is 0 Å². The molecular formula is C23H28S2. The van der Waals surface area contributed by atoms with Gasteiger partial charge in [-0.05, 0) is 24.0 Å². The van der Waals surface area contributed by atoms with E-state index in [9.17, 15) is 0 Å². The minimum Gasteiger partial charge on any atom is -0.0837 e. The second-order valence-electron chi connectivity index (χ2n) is 8.01. The van der Waals surface area contributed by atoms with Crippen LogP contribution in [0.15, 0.2) is 60.7 Å². The van der Waals surface area contributed by atoms with Gasteiger partial charge in [0, 0.05) is 20.6 Å². The van der Waals surface area contributed by atoms with E-state index >= 15 is 0 Å². The largest absolute Gasteiger partial charge is 0.0837 e. The molecule has 0 unspecified atom stereocenters. The van der Waals surface area contributed by atoms with Crippen LogP contribution in [0.4, 0.5) is 0 Å². The number of thiocarbonyl (C=S) groups is 2. The second-order valence-corrected chi connectivity index (χ2v) is 8.83. The summed E-state index contributed by atoms with van der Waals surface area (Å²) in [5.41, 5.74) is 2.37. The first-order chi connectivity index (χ1) is 11.7. The SMILES string of the molecule is CC(C)(CCCC(C)(C)C(=S)c1ccccc1)C(=S)c1ccccc1. The second kappa shape index (κ2) is 8.33. The summed E-state index contributed by atoms with van der Waals surface area (Å²) in [6.45, 7) is 9.02. The predicted octanol–water partition coefficient (Wildman–Crippen LogP) is 7.05. The van der Waals surface area contributed by atoms with Crippen molar-refractivity contribution in [1.29, 1.82) is 0 Å². The van der Waals surface area contributed by atoms with Crippen molar-refractivity contribution in [3.05, 3.63) is 71.8 Å². The van der Waals surface area contributed by atoms with Crippen molar-refractivity contribution in [3.63, 3.8) is 0 Å². The van der Waals surface area contributed by atoms with Gasteiger partial charge >= 0.3 is 0 Å². The Balaban J connectivity index is 1.96. The van der Waals surface area contributed by atoms with Crippen molar-refractivity contribution in [3.8, 4) is 0 Å². The summed E-state index contributed by atoms with van der Waals surface area (Å²) in [4.78, 5) is 2.10. The number of rotatable bonds is 8. The van der Waals surface area contributed by atoms with E-state index < -0.39 is 0 Å². The van der Waals surface area contributed by atoms with E-state index in [0.717, 1.165) is 29.0 Å². The van der Waals surface area contributed by atoms with Crippen LogP contribution in [0.3, 0.4) is 0 Å². The molecule has 2 aromatic rings. The standard InChI is InChI=1S/C23H28S2/c1-22(2,20(24)18-12-7-5-8-13-18)16-11-17-23(3,4)21(25)19-14-9-6-10-15-19/h5-10,12-15H,11,16-17H2,1-4H3. The van der Waals surface area contributed by atoms with Crippen LogP contribution >= 0.6 is 24.4 Å². The van der Waals surface area contributed by atoms with E-state index in [2.05, 4.69) is 76.2 Å². The third kappa shape index (κ3) is 5.29. The molecule has 0 aliphatic rings. The van der Waals surface area contributed by atoms with Gasteiger partial charge in [0.15, 0.2) is 0 Å². The first-order valence-corrected chi connectivity index (χ1v) is 9.75. The maximum atomic E-state index is 5.77. The van der Waals surface area contributed by atoms with Gasteiger partial charge in [-0.2, -0.15) is 0 Å². The molecule has 0 aliphatic heterocycles. The molecule has 0 saturated carbocycles. The smallest absolute Gasteiger partial charge is 0.0280 e. The van der Waals surface area contributed by atoms with Gasteiger partial charge in [0.2, 0.25) is 0 Å². The van der Waals surface area contributed by atoms with Crippen LogP contribution in [0.25, 0.3) is 0 Å². The molecule has 0 atom stereocenters. The summed E-state index contributed by atoms with van der Waals surface area (Å²) in [6.07, 6.45) is 3.25. The minimum absolute atomic E-state index is 0.0150. The quantitative estimate of drug-likeness (QED) is 0.362. The van der Waals surface area contributed by atoms with Crippen LogP contribution in [0.2, 0.25) is 0 Å². The molecule has 0 saturated heterocycles. The molecule has 0 spiro atoms. The molecule has 132 valence electrons. The first kappa shape index (κ1) is 19.9. The highest BCUT2D eigenvalue weighted by molar-refractivity contribution is 7.81. The average molecular weight is 369 g/mol. The number of hydrogen-bond donors (Lipinski definition) is 0. The van der Waals surface area contributed by atoms with Crippen molar-refractivity contribution in [2.75, 3.05) is 0 Å². The molecule has 25 heavy (non-hydrogen) atoms. The molecule has 0 bridgehead atoms. The highest BCUT2D eigenvalue weighted by Gasteiger charge is 2.28. The molecule has 2 heteroatoms. The molecule has 0 fully saturated rings. The molecule has 2 rings (SSSR count). The highest BCUT2D eigenvalue weighted by atomic mass is 32.1. The van der Waals surface area contributed by atoms with Gasteiger partial charge in [-0.3, -0.25) is 0 Å². The highest BCUT2D eigenvalue weighted by Crippen LogP contribution is 2.34. The van der Waals surface area contributed by atoms with E-state index in [1.807, 2.05) is 12.1 Å². The zero-order valence-corrected chi connectivity index (χ0v) is 17.3. The van der Waals surface area contributed by atoms with E-state index in [4.69, 9.17) is 24.4 Å². The minimum atomic E-state index is 0.0150. The Labute approximate surface area is 163 Å². The van der Waals surface area contributed by atoms with E-state index in [1.165, 1.54) is 11.1 Å². The fourth-order valence-corrected chi connectivity index (χ4v) is 3.64. The summed E-state index contributed by atoms with van der Waals surface area (Å²) in [7, 11) is 0. The molecule has 0 aromatic heterocycles. The lowest BCUT2D eigenvalue weighted by Crippen LogP contribution is -2.26. The lowest BCUT2D eigenvalue weighted by Gasteiger charge is -2.30. The third-order valence-corrected chi connectivity index (χ3v) is 6.48. The van der Waals surface area contributed by atoms with Crippen LogP contribution in [-0.2, 0) is 0 Å². The topological polar surface area (TPSA) is 0 Å². The van der Waals surface area contributed by atoms with Crippen molar-refractivity contribution >= 4 is 34.2 Å². The summed E-state index contributed by atoms with van der Waals surface area (Å²) >= 11 is 11.5. The Morgan fingerprint density at radius 3 is 1.28 bits per heavy atom. The maximum Gasteiger partial charge on any atom is 0.0280 e. The van der Waals surface area contributed by atoms with Gasteiger partial charge in [-0.1, -0.05) is 119 Å². The van der Waals surface area contributed by atoms with Gasteiger partial charge in [0.1, 0.15) is 0 Å². The van der Waals surface area contributed by atoms with Gasteiger partial charge < -0.3 is 0 Å². The van der Waals surface area contributed by atoms with Crippen LogP contribution in [0, 0.1) is 10.8 Å². The van der Waals surface area contributed by atoms with Crippen LogP contribution in [0.5, 0.6) is 0 Å². The fraction of sp³-hybridized carbons (Fsp3) is 0.391. The van der Waals surface area contributed by atoms with E-state index in [0.29, 0.717) is 0 Å². The van der Waals surface area contributed by atoms with Crippen LogP contribution in [-0.4, -0.2) is 9.73 Å². The summed E-state index contributed by atoms with van der Waals surface area (Å²) in [5.74, 6) is 0. The zero-order chi connectivity index (χ0) is 18.5. The fourth-order valence-electron chi connectivity index (χ4n) is 3.16. The Morgan fingerprint density at radius 2 is 0.960 bits per heavy atom. The monoisotopic (exact) mass is 368 g/mol. The van der Waals surface area contributed by atoms with E-state index in [-0.39, 0.29) is 10.8 Å². The summed E-state index contributed by atoms with van der Waals surface area (Å²) in [6, 6.07) is 20.7. The molecule has 0 amide bonds. The van der Waals surface area contributed by atoms with Gasteiger partial charge in [0.05, 0.1) is 0 Å². The Morgan fingerprint density at radius 1 is 0.640 bits per heavy atom. The van der Waals surface area contributed by atoms with Crippen LogP contribution in [0.1, 0.15) is 58.1 Å². The molecule has 0 nitrogen and oxygen atoms in total. The number of hydrogen-bond acceptors (Lipinski definition) is 2. The Bertz CT molecular complexity index is 649. The number of benzene rings is 2. The average Bonchev–Trinajstić information content (AvgIpc) is 2.61. The van der Waals surface area contributed by atoms with Crippen molar-refractivity contribution in [1.82, 2.24) is 0 Å². The third-order valence-electron chi connectivity index (χ3n) is 4.90. The summed E-state index contributed by atoms with van der Waals surface area (Å²) in [5, 5.41) is 0. The Kier molecular flexibility index (Phi) is 6.65. The van der Waals surface area contributed by atoms with Crippen molar-refractivity contribution in [2.24, 2.45) is 10.8 Å². The molecule has 0 radical (unpaired) electrons. The lowest BCUT2D eigenvalue weighted by molar-refractivity contribution is 0.391.